The van der Waals surface area contributed by atoms with E-state index in [2.05, 4.69) is 10.4 Å². The van der Waals surface area contributed by atoms with Crippen molar-refractivity contribution in [1.82, 2.24) is 9.78 Å². The van der Waals surface area contributed by atoms with Gasteiger partial charge in [-0.2, -0.15) is 5.10 Å². The Labute approximate surface area is 154 Å². The Morgan fingerprint density at radius 2 is 1.81 bits per heavy atom. The number of amides is 1. The number of carboxylic acid groups (broad SMARTS) is 1. The van der Waals surface area contributed by atoms with E-state index >= 15 is 0 Å². The third-order valence-corrected chi connectivity index (χ3v) is 5.03. The highest BCUT2D eigenvalue weighted by Gasteiger charge is 2.29. The van der Waals surface area contributed by atoms with Gasteiger partial charge in [0.2, 0.25) is 5.91 Å². The highest BCUT2D eigenvalue weighted by molar-refractivity contribution is 5.92. The summed E-state index contributed by atoms with van der Waals surface area (Å²) in [6.45, 7) is 9.16. The molecule has 0 spiro atoms. The van der Waals surface area contributed by atoms with Crippen LogP contribution in [-0.4, -0.2) is 26.8 Å². The molecule has 0 saturated heterocycles. The van der Waals surface area contributed by atoms with E-state index < -0.39 is 11.4 Å². The van der Waals surface area contributed by atoms with Crippen LogP contribution in [0.15, 0.2) is 24.3 Å². The molecule has 0 aliphatic carbocycles. The Morgan fingerprint density at radius 1 is 1.23 bits per heavy atom. The Balaban J connectivity index is 2.06. The Hall–Kier alpha value is -2.63. The van der Waals surface area contributed by atoms with Crippen molar-refractivity contribution in [3.8, 4) is 0 Å². The number of hydrogen-bond acceptors (Lipinski definition) is 3. The molecule has 0 aliphatic rings. The number of benzene rings is 1. The predicted molar refractivity (Wildman–Crippen MR) is 101 cm³/mol. The van der Waals surface area contributed by atoms with Gasteiger partial charge in [-0.25, -0.2) is 0 Å². The van der Waals surface area contributed by atoms with Crippen molar-refractivity contribution in [2.24, 2.45) is 13.0 Å². The lowest BCUT2D eigenvalue weighted by molar-refractivity contribution is -0.142. The molecule has 2 N–H and O–H groups in total. The lowest BCUT2D eigenvalue weighted by Gasteiger charge is -2.20. The molecule has 1 atom stereocenters. The molecule has 1 amide bonds. The minimum Gasteiger partial charge on any atom is -0.481 e. The van der Waals surface area contributed by atoms with Gasteiger partial charge in [0.25, 0.3) is 0 Å². The van der Waals surface area contributed by atoms with Crippen LogP contribution in [0.4, 0.5) is 5.69 Å². The number of aliphatic carboxylic acids is 1. The lowest BCUT2D eigenvalue weighted by Crippen LogP contribution is -2.28. The fourth-order valence-electron chi connectivity index (χ4n) is 2.87. The minimum atomic E-state index is -0.967. The normalized spacial score (nSPS) is 12.7. The van der Waals surface area contributed by atoms with E-state index in [1.165, 1.54) is 0 Å². The first-order valence-corrected chi connectivity index (χ1v) is 8.68. The maximum atomic E-state index is 12.5. The van der Waals surface area contributed by atoms with E-state index in [9.17, 15) is 14.7 Å². The molecule has 2 rings (SSSR count). The van der Waals surface area contributed by atoms with Gasteiger partial charge in [0.05, 0.1) is 11.1 Å². The van der Waals surface area contributed by atoms with Crippen LogP contribution in [0.3, 0.4) is 0 Å². The second kappa shape index (κ2) is 7.32. The van der Waals surface area contributed by atoms with Gasteiger partial charge >= 0.3 is 5.97 Å². The Kier molecular flexibility index (Phi) is 5.54. The van der Waals surface area contributed by atoms with Crippen molar-refractivity contribution in [3.63, 3.8) is 0 Å². The van der Waals surface area contributed by atoms with Crippen molar-refractivity contribution < 1.29 is 14.7 Å². The number of nitrogens with zero attached hydrogens (tertiary/aromatic N) is 2. The number of aromatic nitrogens is 2. The summed E-state index contributed by atoms with van der Waals surface area (Å²) >= 11 is 0. The van der Waals surface area contributed by atoms with E-state index in [0.29, 0.717) is 17.7 Å². The predicted octanol–water partition coefficient (Wildman–Crippen LogP) is 3.22. The van der Waals surface area contributed by atoms with Crippen LogP contribution in [0.25, 0.3) is 0 Å². The average Bonchev–Trinajstić information content (AvgIpc) is 2.81. The van der Waals surface area contributed by atoms with E-state index in [-0.39, 0.29) is 11.8 Å². The van der Waals surface area contributed by atoms with Crippen LogP contribution in [0.5, 0.6) is 0 Å². The van der Waals surface area contributed by atoms with Crippen LogP contribution in [0, 0.1) is 19.8 Å². The highest BCUT2D eigenvalue weighted by Crippen LogP contribution is 2.25. The first-order chi connectivity index (χ1) is 12.0. The molecule has 140 valence electrons. The van der Waals surface area contributed by atoms with Crippen LogP contribution in [0.1, 0.15) is 43.3 Å². The number of rotatable bonds is 6. The fraction of sp³-hybridized carbons (Fsp3) is 0.450. The second-order valence-corrected chi connectivity index (χ2v) is 7.37. The molecule has 0 fully saturated rings. The van der Waals surface area contributed by atoms with Crippen molar-refractivity contribution in [2.75, 3.05) is 5.32 Å². The van der Waals surface area contributed by atoms with E-state index in [4.69, 9.17) is 0 Å². The number of hydrogen-bond donors (Lipinski definition) is 2. The summed E-state index contributed by atoms with van der Waals surface area (Å²) in [7, 11) is 1.90. The number of carbonyl (C=O) groups is 2. The van der Waals surface area contributed by atoms with Gasteiger partial charge in [0, 0.05) is 24.3 Å². The zero-order valence-corrected chi connectivity index (χ0v) is 16.3. The van der Waals surface area contributed by atoms with Crippen LogP contribution in [0.2, 0.25) is 0 Å². The number of carbonyl (C=O) groups excluding carboxylic acids is 1. The summed E-state index contributed by atoms with van der Waals surface area (Å²) in [6.07, 6.45) is 0.626. The highest BCUT2D eigenvalue weighted by atomic mass is 16.4. The van der Waals surface area contributed by atoms with Gasteiger partial charge in [-0.1, -0.05) is 19.1 Å². The molecular weight excluding hydrogens is 330 g/mol. The van der Waals surface area contributed by atoms with Crippen molar-refractivity contribution >= 4 is 17.6 Å². The number of aryl methyl sites for hydroxylation is 2. The molecule has 1 aromatic heterocycles. The molecule has 1 heterocycles. The third kappa shape index (κ3) is 3.95. The van der Waals surface area contributed by atoms with Crippen LogP contribution < -0.4 is 5.32 Å². The van der Waals surface area contributed by atoms with Crippen molar-refractivity contribution in [3.05, 3.63) is 46.8 Å². The van der Waals surface area contributed by atoms with E-state index in [0.717, 1.165) is 17.0 Å². The molecular formula is C20H27N3O3. The smallest absolute Gasteiger partial charge is 0.313 e. The summed E-state index contributed by atoms with van der Waals surface area (Å²) in [5, 5.41) is 16.6. The van der Waals surface area contributed by atoms with Gasteiger partial charge in [-0.15, -0.1) is 0 Å². The summed E-state index contributed by atoms with van der Waals surface area (Å²) < 4.78 is 1.83. The molecule has 0 aliphatic heterocycles. The second-order valence-electron chi connectivity index (χ2n) is 7.37. The van der Waals surface area contributed by atoms with Gasteiger partial charge in [-0.05, 0) is 57.4 Å². The van der Waals surface area contributed by atoms with Gasteiger partial charge in [0.1, 0.15) is 0 Å². The van der Waals surface area contributed by atoms with Crippen LogP contribution >= 0.6 is 0 Å². The molecule has 26 heavy (non-hydrogen) atoms. The van der Waals surface area contributed by atoms with Gasteiger partial charge in [-0.3, -0.25) is 14.3 Å². The maximum absolute atomic E-state index is 12.5. The Morgan fingerprint density at radius 3 is 2.27 bits per heavy atom. The summed E-state index contributed by atoms with van der Waals surface area (Å²) in [5.41, 5.74) is 3.51. The molecule has 6 nitrogen and oxygen atoms in total. The fourth-order valence-corrected chi connectivity index (χ4v) is 2.87. The summed E-state index contributed by atoms with van der Waals surface area (Å²) in [4.78, 5) is 23.8. The quantitative estimate of drug-likeness (QED) is 0.831. The minimum absolute atomic E-state index is 0.0714. The van der Waals surface area contributed by atoms with Gasteiger partial charge in [0.15, 0.2) is 0 Å². The first-order valence-electron chi connectivity index (χ1n) is 8.68. The molecule has 1 unspecified atom stereocenters. The zero-order valence-electron chi connectivity index (χ0n) is 16.3. The number of carboxylic acids is 1. The Bertz CT molecular complexity index is 820. The van der Waals surface area contributed by atoms with Gasteiger partial charge < -0.3 is 10.4 Å². The topological polar surface area (TPSA) is 84.2 Å². The van der Waals surface area contributed by atoms with E-state index in [1.54, 1.807) is 38.1 Å². The van der Waals surface area contributed by atoms with Crippen LogP contribution in [-0.2, 0) is 28.5 Å². The number of anilines is 1. The molecule has 0 radical (unpaired) electrons. The standard InChI is InChI=1S/C20H27N3O3/c1-12(11-17-13(2)22-23(6)14(17)3)18(24)21-16-9-7-15(8-10-16)20(4,5)19(25)26/h7-10,12H,11H2,1-6H3,(H,21,24)(H,25,26). The maximum Gasteiger partial charge on any atom is 0.313 e. The third-order valence-electron chi connectivity index (χ3n) is 5.03. The molecule has 0 bridgehead atoms. The number of nitrogens with one attached hydrogen (secondary N) is 1. The monoisotopic (exact) mass is 357 g/mol. The van der Waals surface area contributed by atoms with Crippen molar-refractivity contribution in [2.45, 2.75) is 46.5 Å². The molecule has 0 saturated carbocycles. The zero-order chi connectivity index (χ0) is 19.6. The largest absolute Gasteiger partial charge is 0.481 e. The lowest BCUT2D eigenvalue weighted by atomic mass is 9.85. The molecule has 2 aromatic rings. The first kappa shape index (κ1) is 19.7. The van der Waals surface area contributed by atoms with Crippen molar-refractivity contribution in [1.29, 1.82) is 0 Å². The summed E-state index contributed by atoms with van der Waals surface area (Å²) in [5.74, 6) is -1.16. The molecule has 1 aromatic carbocycles. The SMILES string of the molecule is Cc1nn(C)c(C)c1CC(C)C(=O)Nc1ccc(C(C)(C)C(=O)O)cc1. The summed E-state index contributed by atoms with van der Waals surface area (Å²) in [6, 6.07) is 6.96. The average molecular weight is 357 g/mol. The van der Waals surface area contributed by atoms with E-state index in [1.807, 2.05) is 32.5 Å². The molecule has 6 heteroatoms.